The summed E-state index contributed by atoms with van der Waals surface area (Å²) in [5.74, 6) is -0.434. The molecule has 1 N–H and O–H groups in total. The predicted molar refractivity (Wildman–Crippen MR) is 163 cm³/mol. The molecule has 8 heteroatoms. The SMILES string of the molecule is CCCCCOc1cccc(C2/C(=C(\O)c3ccc(OCCC)cc3)C(=O)C(=O)N2c2nc3ccc(C)cc3s2)c1. The van der Waals surface area contributed by atoms with Gasteiger partial charge in [-0.05, 0) is 79.4 Å². The molecule has 0 spiro atoms. The number of aliphatic hydroxyl groups excluding tert-OH is 1. The van der Waals surface area contributed by atoms with Crippen molar-refractivity contribution in [2.75, 3.05) is 18.1 Å². The number of hydrogen-bond donors (Lipinski definition) is 1. The summed E-state index contributed by atoms with van der Waals surface area (Å²) in [7, 11) is 0. The minimum absolute atomic E-state index is 0.01000. The molecule has 4 aromatic rings. The molecule has 212 valence electrons. The Morgan fingerprint density at radius 2 is 1.71 bits per heavy atom. The maximum Gasteiger partial charge on any atom is 0.301 e. The number of carbonyl (C=O) groups excluding carboxylic acids is 2. The van der Waals surface area contributed by atoms with Crippen LogP contribution in [0, 0.1) is 6.92 Å². The van der Waals surface area contributed by atoms with Crippen LogP contribution in [-0.2, 0) is 9.59 Å². The fourth-order valence-corrected chi connectivity index (χ4v) is 5.96. The maximum atomic E-state index is 13.6. The Morgan fingerprint density at radius 1 is 0.927 bits per heavy atom. The van der Waals surface area contributed by atoms with Gasteiger partial charge >= 0.3 is 5.91 Å². The smallest absolute Gasteiger partial charge is 0.301 e. The van der Waals surface area contributed by atoms with Crippen LogP contribution in [0.5, 0.6) is 11.5 Å². The monoisotopic (exact) mass is 570 g/mol. The van der Waals surface area contributed by atoms with Crippen molar-refractivity contribution in [2.45, 2.75) is 52.5 Å². The number of Topliss-reactive ketones (excluding diaryl/α,β-unsaturated/α-hetero) is 1. The lowest BCUT2D eigenvalue weighted by Crippen LogP contribution is -2.29. The average molecular weight is 571 g/mol. The van der Waals surface area contributed by atoms with E-state index in [1.165, 1.54) is 16.2 Å². The molecule has 1 atom stereocenters. The van der Waals surface area contributed by atoms with Crippen molar-refractivity contribution in [2.24, 2.45) is 0 Å². The average Bonchev–Trinajstić information content (AvgIpc) is 3.51. The van der Waals surface area contributed by atoms with Crippen molar-refractivity contribution in [1.29, 1.82) is 0 Å². The first-order chi connectivity index (χ1) is 19.9. The molecule has 41 heavy (non-hydrogen) atoms. The third-order valence-electron chi connectivity index (χ3n) is 6.97. The quantitative estimate of drug-likeness (QED) is 0.0865. The fraction of sp³-hybridized carbons (Fsp3) is 0.303. The number of rotatable bonds is 11. The van der Waals surface area contributed by atoms with Gasteiger partial charge in [0.15, 0.2) is 5.13 Å². The lowest BCUT2D eigenvalue weighted by molar-refractivity contribution is -0.132. The zero-order valence-corrected chi connectivity index (χ0v) is 24.4. The summed E-state index contributed by atoms with van der Waals surface area (Å²) in [5.41, 5.74) is 2.90. The number of ketones is 1. The number of thiazole rings is 1. The number of nitrogens with zero attached hydrogens (tertiary/aromatic N) is 2. The van der Waals surface area contributed by atoms with Crippen molar-refractivity contribution in [3.63, 3.8) is 0 Å². The third kappa shape index (κ3) is 5.98. The molecule has 1 aliphatic heterocycles. The van der Waals surface area contributed by atoms with Gasteiger partial charge in [0.1, 0.15) is 17.3 Å². The summed E-state index contributed by atoms with van der Waals surface area (Å²) in [5, 5.41) is 11.9. The van der Waals surface area contributed by atoms with E-state index < -0.39 is 17.7 Å². The molecule has 2 heterocycles. The molecule has 0 saturated carbocycles. The molecule has 5 rings (SSSR count). The second-order valence-corrected chi connectivity index (χ2v) is 11.1. The number of aryl methyl sites for hydroxylation is 1. The van der Waals surface area contributed by atoms with Gasteiger partial charge < -0.3 is 14.6 Å². The molecular weight excluding hydrogens is 536 g/mol. The molecule has 1 aliphatic rings. The first kappa shape index (κ1) is 28.4. The van der Waals surface area contributed by atoms with Crippen molar-refractivity contribution in [3.8, 4) is 11.5 Å². The number of amides is 1. The standard InChI is InChI=1S/C33H34N2O5S/c1-4-6-7-18-40-25-10-8-9-23(20-25)29-28(30(36)22-12-14-24(15-13-22)39-17-5-2)31(37)32(38)35(29)33-34-26-16-11-21(3)19-27(26)41-33/h8-16,19-20,29,36H,4-7,17-18H2,1-3H3/b30-28+. The van der Waals surface area contributed by atoms with Gasteiger partial charge in [-0.15, -0.1) is 0 Å². The van der Waals surface area contributed by atoms with E-state index in [2.05, 4.69) is 6.92 Å². The van der Waals surface area contributed by atoms with Crippen LogP contribution in [-0.4, -0.2) is 35.0 Å². The summed E-state index contributed by atoms with van der Waals surface area (Å²) in [6, 6.07) is 19.2. The van der Waals surface area contributed by atoms with E-state index in [4.69, 9.17) is 14.5 Å². The highest BCUT2D eigenvalue weighted by Gasteiger charge is 2.48. The van der Waals surface area contributed by atoms with Crippen molar-refractivity contribution >= 4 is 44.1 Å². The van der Waals surface area contributed by atoms with Gasteiger partial charge in [-0.3, -0.25) is 14.5 Å². The number of hydrogen-bond acceptors (Lipinski definition) is 7. The van der Waals surface area contributed by atoms with Gasteiger partial charge in [0, 0.05) is 5.56 Å². The van der Waals surface area contributed by atoms with Gasteiger partial charge in [-0.1, -0.05) is 56.2 Å². The van der Waals surface area contributed by atoms with Gasteiger partial charge in [0.25, 0.3) is 5.78 Å². The number of unbranched alkanes of at least 4 members (excludes halogenated alkanes) is 2. The van der Waals surface area contributed by atoms with E-state index in [9.17, 15) is 14.7 Å². The van der Waals surface area contributed by atoms with E-state index in [0.717, 1.165) is 41.5 Å². The van der Waals surface area contributed by atoms with E-state index in [1.54, 1.807) is 24.3 Å². The summed E-state index contributed by atoms with van der Waals surface area (Å²) < 4.78 is 12.6. The summed E-state index contributed by atoms with van der Waals surface area (Å²) in [6.07, 6.45) is 3.96. The van der Waals surface area contributed by atoms with E-state index >= 15 is 0 Å². The molecule has 1 fully saturated rings. The number of benzene rings is 3. The summed E-state index contributed by atoms with van der Waals surface area (Å²) in [4.78, 5) is 33.4. The molecule has 1 aromatic heterocycles. The third-order valence-corrected chi connectivity index (χ3v) is 7.99. The number of carbonyl (C=O) groups is 2. The number of aromatic nitrogens is 1. The van der Waals surface area contributed by atoms with Crippen LogP contribution in [0.1, 0.15) is 62.3 Å². The lowest BCUT2D eigenvalue weighted by Gasteiger charge is -2.23. The fourth-order valence-electron chi connectivity index (χ4n) is 4.87. The lowest BCUT2D eigenvalue weighted by atomic mass is 9.95. The number of anilines is 1. The van der Waals surface area contributed by atoms with Crippen LogP contribution < -0.4 is 14.4 Å². The van der Waals surface area contributed by atoms with Crippen LogP contribution in [0.15, 0.2) is 72.3 Å². The largest absolute Gasteiger partial charge is 0.507 e. The molecule has 3 aromatic carbocycles. The first-order valence-electron chi connectivity index (χ1n) is 14.1. The highest BCUT2D eigenvalue weighted by atomic mass is 32.1. The Morgan fingerprint density at radius 3 is 2.46 bits per heavy atom. The Hall–Kier alpha value is -4.17. The van der Waals surface area contributed by atoms with Crippen molar-refractivity contribution < 1.29 is 24.2 Å². The molecule has 1 amide bonds. The number of aliphatic hydroxyl groups is 1. The molecule has 7 nitrogen and oxygen atoms in total. The summed E-state index contributed by atoms with van der Waals surface area (Å²) in [6.45, 7) is 7.31. The van der Waals surface area contributed by atoms with Crippen LogP contribution in [0.4, 0.5) is 5.13 Å². The van der Waals surface area contributed by atoms with Crippen LogP contribution in [0.2, 0.25) is 0 Å². The molecule has 1 unspecified atom stereocenters. The van der Waals surface area contributed by atoms with Gasteiger partial charge in [0.05, 0.1) is 35.0 Å². The second-order valence-electron chi connectivity index (χ2n) is 10.1. The van der Waals surface area contributed by atoms with Crippen LogP contribution in [0.25, 0.3) is 16.0 Å². The zero-order chi connectivity index (χ0) is 28.9. The zero-order valence-electron chi connectivity index (χ0n) is 23.6. The van der Waals surface area contributed by atoms with Crippen LogP contribution >= 0.6 is 11.3 Å². The molecule has 0 bridgehead atoms. The number of fused-ring (bicyclic) bond motifs is 1. The van der Waals surface area contributed by atoms with Gasteiger partial charge in [0.2, 0.25) is 0 Å². The first-order valence-corrected chi connectivity index (χ1v) is 14.9. The Kier molecular flexibility index (Phi) is 8.69. The topological polar surface area (TPSA) is 89.0 Å². The highest BCUT2D eigenvalue weighted by molar-refractivity contribution is 7.22. The minimum atomic E-state index is -0.883. The molecular formula is C33H34N2O5S. The molecule has 1 saturated heterocycles. The van der Waals surface area contributed by atoms with E-state index in [-0.39, 0.29) is 11.3 Å². The Balaban J connectivity index is 1.60. The second kappa shape index (κ2) is 12.6. The van der Waals surface area contributed by atoms with E-state index in [1.807, 2.05) is 56.3 Å². The number of ether oxygens (including phenoxy) is 2. The molecule has 0 aliphatic carbocycles. The highest BCUT2D eigenvalue weighted by Crippen LogP contribution is 2.45. The molecule has 0 radical (unpaired) electrons. The van der Waals surface area contributed by atoms with Crippen LogP contribution in [0.3, 0.4) is 0 Å². The minimum Gasteiger partial charge on any atom is -0.507 e. The maximum absolute atomic E-state index is 13.6. The van der Waals surface area contributed by atoms with Crippen molar-refractivity contribution in [3.05, 3.63) is 89.0 Å². The van der Waals surface area contributed by atoms with Gasteiger partial charge in [-0.2, -0.15) is 0 Å². The Labute approximate surface area is 244 Å². The summed E-state index contributed by atoms with van der Waals surface area (Å²) >= 11 is 1.35. The van der Waals surface area contributed by atoms with Gasteiger partial charge in [-0.25, -0.2) is 4.98 Å². The van der Waals surface area contributed by atoms with E-state index in [0.29, 0.717) is 41.0 Å². The van der Waals surface area contributed by atoms with Crippen molar-refractivity contribution in [1.82, 2.24) is 4.98 Å². The predicted octanol–water partition coefficient (Wildman–Crippen LogP) is 7.59. The normalized spacial score (nSPS) is 16.5. The Bertz CT molecular complexity index is 1590.